The molecule has 3 heteroatoms. The van der Waals surface area contributed by atoms with Gasteiger partial charge in [-0.1, -0.05) is 0 Å². The Bertz CT molecular complexity index is 178. The molecule has 0 radical (unpaired) electrons. The Morgan fingerprint density at radius 3 is 2.36 bits per heavy atom. The van der Waals surface area contributed by atoms with Crippen LogP contribution in [0.25, 0.3) is 0 Å². The van der Waals surface area contributed by atoms with Gasteiger partial charge in [0.2, 0.25) is 0 Å². The van der Waals surface area contributed by atoms with Crippen LogP contribution in [0.2, 0.25) is 0 Å². The first-order chi connectivity index (χ1) is 6.80. The number of nitrogens with two attached hydrogens (primary N) is 1. The second kappa shape index (κ2) is 4.42. The highest BCUT2D eigenvalue weighted by Gasteiger charge is 2.42. The van der Waals surface area contributed by atoms with Crippen molar-refractivity contribution in [3.05, 3.63) is 0 Å². The van der Waals surface area contributed by atoms with Crippen molar-refractivity contribution in [1.29, 1.82) is 0 Å². The number of hydrogen-bond donors (Lipinski definition) is 1. The molecule has 0 unspecified atom stereocenters. The number of likely N-dealkylation sites (tertiary alicyclic amines) is 1. The summed E-state index contributed by atoms with van der Waals surface area (Å²) in [6, 6.07) is 0. The third-order valence-electron chi connectivity index (χ3n) is 4.11. The predicted octanol–water partition coefficient (Wildman–Crippen LogP) is 1.70. The molecule has 1 saturated heterocycles. The molecule has 0 spiro atoms. The van der Waals surface area contributed by atoms with E-state index < -0.39 is 0 Å². The minimum absolute atomic E-state index is 0.420. The van der Waals surface area contributed by atoms with Crippen LogP contribution in [0.5, 0.6) is 0 Å². The maximum absolute atomic E-state index is 5.92. The van der Waals surface area contributed by atoms with E-state index in [-0.39, 0.29) is 0 Å². The van der Waals surface area contributed by atoms with Crippen LogP contribution in [0.15, 0.2) is 0 Å². The quantitative estimate of drug-likeness (QED) is 0.775. The van der Waals surface area contributed by atoms with Gasteiger partial charge in [-0.25, -0.2) is 0 Å². The fraction of sp³-hybridized carbons (Fsp3) is 1.00. The minimum atomic E-state index is 0.420. The summed E-state index contributed by atoms with van der Waals surface area (Å²) in [6.07, 6.45) is 9.04. The lowest BCUT2D eigenvalue weighted by Gasteiger charge is -2.52. The van der Waals surface area contributed by atoms with Crippen LogP contribution in [-0.4, -0.2) is 41.6 Å². The molecule has 1 aliphatic carbocycles. The zero-order valence-electron chi connectivity index (χ0n) is 9.17. The average Bonchev–Trinajstić information content (AvgIpc) is 2.18. The van der Waals surface area contributed by atoms with Crippen LogP contribution in [-0.2, 0) is 0 Å². The molecule has 2 nitrogen and oxygen atoms in total. The molecule has 1 aliphatic heterocycles. The van der Waals surface area contributed by atoms with Gasteiger partial charge in [0, 0.05) is 17.3 Å². The molecule has 2 N–H and O–H groups in total. The number of rotatable bonds is 3. The summed E-state index contributed by atoms with van der Waals surface area (Å²) < 4.78 is 0. The lowest BCUT2D eigenvalue weighted by molar-refractivity contribution is 0.0106. The Kier molecular flexibility index (Phi) is 3.40. The van der Waals surface area contributed by atoms with Crippen molar-refractivity contribution < 1.29 is 0 Å². The van der Waals surface area contributed by atoms with Crippen molar-refractivity contribution >= 4 is 11.8 Å². The van der Waals surface area contributed by atoms with Crippen LogP contribution in [0.4, 0.5) is 0 Å². The monoisotopic (exact) mass is 214 g/mol. The number of nitrogens with zero attached hydrogens (tertiary/aromatic N) is 1. The summed E-state index contributed by atoms with van der Waals surface area (Å²) in [6.45, 7) is 3.43. The van der Waals surface area contributed by atoms with Gasteiger partial charge >= 0.3 is 0 Å². The summed E-state index contributed by atoms with van der Waals surface area (Å²) in [5, 5.41) is 0.904. The van der Waals surface area contributed by atoms with E-state index in [9.17, 15) is 0 Å². The Balaban J connectivity index is 1.88. The second-order valence-corrected chi connectivity index (χ2v) is 5.84. The van der Waals surface area contributed by atoms with Crippen molar-refractivity contribution in [3.63, 3.8) is 0 Å². The lowest BCUT2D eigenvalue weighted by atomic mass is 9.74. The normalized spacial score (nSPS) is 28.7. The maximum Gasteiger partial charge on any atom is 0.0331 e. The molecule has 14 heavy (non-hydrogen) atoms. The number of piperidine rings is 1. The van der Waals surface area contributed by atoms with Crippen LogP contribution < -0.4 is 5.73 Å². The van der Waals surface area contributed by atoms with Gasteiger partial charge in [-0.15, -0.1) is 0 Å². The summed E-state index contributed by atoms with van der Waals surface area (Å²) in [7, 11) is 0. The Morgan fingerprint density at radius 1 is 1.36 bits per heavy atom. The lowest BCUT2D eigenvalue weighted by Crippen LogP contribution is -2.60. The highest BCUT2D eigenvalue weighted by Crippen LogP contribution is 2.39. The zero-order chi connectivity index (χ0) is 10.0. The first-order valence-electron chi connectivity index (χ1n) is 5.79. The van der Waals surface area contributed by atoms with Crippen molar-refractivity contribution in [2.45, 2.75) is 42.9 Å². The summed E-state index contributed by atoms with van der Waals surface area (Å²) in [5.41, 5.74) is 6.34. The van der Waals surface area contributed by atoms with Gasteiger partial charge in [0.1, 0.15) is 0 Å². The Labute approximate surface area is 91.6 Å². The number of hydrogen-bond acceptors (Lipinski definition) is 3. The smallest absolute Gasteiger partial charge is 0.0331 e. The van der Waals surface area contributed by atoms with Gasteiger partial charge < -0.3 is 5.73 Å². The fourth-order valence-electron chi connectivity index (χ4n) is 2.80. The molecular formula is C11H22N2S. The summed E-state index contributed by atoms with van der Waals surface area (Å²) in [4.78, 5) is 2.67. The first-order valence-corrected chi connectivity index (χ1v) is 7.07. The Morgan fingerprint density at radius 2 is 2.00 bits per heavy atom. The van der Waals surface area contributed by atoms with Gasteiger partial charge in [-0.3, -0.25) is 4.90 Å². The highest BCUT2D eigenvalue weighted by atomic mass is 32.2. The van der Waals surface area contributed by atoms with Gasteiger partial charge in [-0.05, 0) is 51.4 Å². The van der Waals surface area contributed by atoms with Gasteiger partial charge in [0.25, 0.3) is 0 Å². The Hall–Kier alpha value is 0.270. The van der Waals surface area contributed by atoms with E-state index in [4.69, 9.17) is 5.73 Å². The molecule has 1 saturated carbocycles. The van der Waals surface area contributed by atoms with E-state index in [1.165, 1.54) is 45.2 Å². The molecule has 0 amide bonds. The van der Waals surface area contributed by atoms with Crippen molar-refractivity contribution in [2.24, 2.45) is 5.73 Å². The summed E-state index contributed by atoms with van der Waals surface area (Å²) >= 11 is 2.03. The van der Waals surface area contributed by atoms with Gasteiger partial charge in [-0.2, -0.15) is 11.8 Å². The molecule has 0 aromatic rings. The molecule has 0 aromatic carbocycles. The molecule has 82 valence electrons. The van der Waals surface area contributed by atoms with Crippen LogP contribution in [0, 0.1) is 0 Å². The molecule has 2 aliphatic rings. The zero-order valence-corrected chi connectivity index (χ0v) is 9.98. The molecule has 1 heterocycles. The van der Waals surface area contributed by atoms with E-state index in [0.29, 0.717) is 5.54 Å². The van der Waals surface area contributed by atoms with Crippen LogP contribution >= 0.6 is 11.8 Å². The van der Waals surface area contributed by atoms with Crippen molar-refractivity contribution in [2.75, 3.05) is 25.9 Å². The first kappa shape index (κ1) is 10.8. The third-order valence-corrected chi connectivity index (χ3v) is 5.25. The van der Waals surface area contributed by atoms with E-state index in [0.717, 1.165) is 11.8 Å². The van der Waals surface area contributed by atoms with Gasteiger partial charge in [0.05, 0.1) is 0 Å². The molecule has 2 rings (SSSR count). The molecular weight excluding hydrogens is 192 g/mol. The SMILES string of the molecule is CSC1CCN(C2(CN)CCC2)CC1. The van der Waals surface area contributed by atoms with E-state index >= 15 is 0 Å². The van der Waals surface area contributed by atoms with Gasteiger partial charge in [0.15, 0.2) is 0 Å². The van der Waals surface area contributed by atoms with Crippen molar-refractivity contribution in [1.82, 2.24) is 4.90 Å². The van der Waals surface area contributed by atoms with Crippen LogP contribution in [0.3, 0.4) is 0 Å². The topological polar surface area (TPSA) is 29.3 Å². The van der Waals surface area contributed by atoms with Crippen LogP contribution in [0.1, 0.15) is 32.1 Å². The fourth-order valence-corrected chi connectivity index (χ4v) is 3.48. The van der Waals surface area contributed by atoms with E-state index in [1.807, 2.05) is 11.8 Å². The third kappa shape index (κ3) is 1.82. The number of thioether (sulfide) groups is 1. The van der Waals surface area contributed by atoms with E-state index in [1.54, 1.807) is 0 Å². The molecule has 0 atom stereocenters. The predicted molar refractivity (Wildman–Crippen MR) is 63.7 cm³/mol. The molecule has 2 fully saturated rings. The standard InChI is InChI=1S/C11H22N2S/c1-14-10-3-7-13(8-4-10)11(9-12)5-2-6-11/h10H,2-9,12H2,1H3. The van der Waals surface area contributed by atoms with E-state index in [2.05, 4.69) is 11.2 Å². The molecule has 0 bridgehead atoms. The second-order valence-electron chi connectivity index (χ2n) is 4.70. The highest BCUT2D eigenvalue weighted by molar-refractivity contribution is 7.99. The summed E-state index contributed by atoms with van der Waals surface area (Å²) in [5.74, 6) is 0. The minimum Gasteiger partial charge on any atom is -0.329 e. The average molecular weight is 214 g/mol. The maximum atomic E-state index is 5.92. The molecule has 0 aromatic heterocycles. The largest absolute Gasteiger partial charge is 0.329 e. The van der Waals surface area contributed by atoms with Crippen molar-refractivity contribution in [3.8, 4) is 0 Å².